The second-order valence-corrected chi connectivity index (χ2v) is 3.30. The highest BCUT2D eigenvalue weighted by atomic mass is 35.5. The molecule has 0 radical (unpaired) electrons. The molecule has 0 bridgehead atoms. The van der Waals surface area contributed by atoms with E-state index in [1.807, 2.05) is 0 Å². The largest absolute Gasteiger partial charge is 0.506 e. The van der Waals surface area contributed by atoms with Crippen LogP contribution in [-0.4, -0.2) is 23.9 Å². The number of rotatable bonds is 3. The quantitative estimate of drug-likeness (QED) is 0.736. The summed E-state index contributed by atoms with van der Waals surface area (Å²) < 4.78 is 18.3. The maximum Gasteiger partial charge on any atom is 0.174 e. The number of phenolic OH excluding ortho intramolecular Hbond substituents is 1. The van der Waals surface area contributed by atoms with E-state index in [0.29, 0.717) is 0 Å². The minimum Gasteiger partial charge on any atom is -0.506 e. The summed E-state index contributed by atoms with van der Waals surface area (Å²) in [6.45, 7) is -0.228. The summed E-state index contributed by atoms with van der Waals surface area (Å²) in [4.78, 5) is 0. The molecule has 1 unspecified atom stereocenters. The zero-order valence-electron chi connectivity index (χ0n) is 8.00. The fraction of sp³-hybridized carbons (Fsp3) is 0.333. The molecule has 15 heavy (non-hydrogen) atoms. The zero-order chi connectivity index (χ0) is 11.6. The summed E-state index contributed by atoms with van der Waals surface area (Å²) >= 11 is 5.62. The van der Waals surface area contributed by atoms with Crippen LogP contribution in [0.15, 0.2) is 6.07 Å². The first kappa shape index (κ1) is 12.0. The van der Waals surface area contributed by atoms with Gasteiger partial charge >= 0.3 is 0 Å². The number of nitrogens with two attached hydrogens (primary N) is 1. The van der Waals surface area contributed by atoms with Crippen LogP contribution in [0.3, 0.4) is 0 Å². The first-order valence-electron chi connectivity index (χ1n) is 4.15. The highest BCUT2D eigenvalue weighted by molar-refractivity contribution is 6.32. The Balaban J connectivity index is 3.40. The van der Waals surface area contributed by atoms with Crippen LogP contribution < -0.4 is 10.5 Å². The van der Waals surface area contributed by atoms with Gasteiger partial charge in [-0.15, -0.1) is 0 Å². The van der Waals surface area contributed by atoms with E-state index in [1.54, 1.807) is 0 Å². The normalized spacial score (nSPS) is 12.6. The maximum atomic E-state index is 13.6. The molecule has 0 fully saturated rings. The van der Waals surface area contributed by atoms with Crippen molar-refractivity contribution in [2.24, 2.45) is 5.73 Å². The number of hydrogen-bond acceptors (Lipinski definition) is 4. The molecule has 0 spiro atoms. The Morgan fingerprint density at radius 2 is 2.27 bits per heavy atom. The maximum absolute atomic E-state index is 13.6. The minimum atomic E-state index is -1.32. The average molecular weight is 236 g/mol. The molecule has 6 heteroatoms. The molecular formula is C9H11ClFNO3. The molecule has 1 atom stereocenters. The highest BCUT2D eigenvalue weighted by Gasteiger charge is 2.22. The van der Waals surface area contributed by atoms with Crippen molar-refractivity contribution in [1.82, 2.24) is 0 Å². The Morgan fingerprint density at radius 1 is 1.67 bits per heavy atom. The van der Waals surface area contributed by atoms with E-state index >= 15 is 0 Å². The van der Waals surface area contributed by atoms with Crippen LogP contribution in [0.2, 0.25) is 5.02 Å². The number of hydrogen-bond donors (Lipinski definition) is 3. The van der Waals surface area contributed by atoms with Crippen LogP contribution in [0.5, 0.6) is 11.5 Å². The summed E-state index contributed by atoms with van der Waals surface area (Å²) in [5, 5.41) is 18.8. The molecule has 1 aromatic rings. The molecule has 1 aromatic carbocycles. The van der Waals surface area contributed by atoms with Crippen molar-refractivity contribution in [2.45, 2.75) is 6.10 Å². The molecular weight excluding hydrogens is 225 g/mol. The third-order valence-electron chi connectivity index (χ3n) is 1.97. The van der Waals surface area contributed by atoms with Gasteiger partial charge in [-0.25, -0.2) is 4.39 Å². The Hall–Kier alpha value is -1.04. The molecule has 0 saturated heterocycles. The molecule has 4 nitrogen and oxygen atoms in total. The monoisotopic (exact) mass is 235 g/mol. The molecule has 0 aliphatic rings. The SMILES string of the molecule is COc1cc(Cl)c(O)c(C(O)CN)c1F. The number of phenols is 1. The number of halogens is 2. The molecule has 0 amide bonds. The van der Waals surface area contributed by atoms with Crippen molar-refractivity contribution >= 4 is 11.6 Å². The zero-order valence-corrected chi connectivity index (χ0v) is 8.75. The van der Waals surface area contributed by atoms with Crippen LogP contribution in [0, 0.1) is 5.82 Å². The standard InChI is InChI=1S/C9H11ClFNO3/c1-15-6-2-4(10)9(14)7(8(6)11)5(13)3-12/h2,5,13-14H,3,12H2,1H3. The Kier molecular flexibility index (Phi) is 3.73. The smallest absolute Gasteiger partial charge is 0.174 e. The number of ether oxygens (including phenoxy) is 1. The second-order valence-electron chi connectivity index (χ2n) is 2.89. The summed E-state index contributed by atoms with van der Waals surface area (Å²) in [7, 11) is 1.25. The molecule has 84 valence electrons. The summed E-state index contributed by atoms with van der Waals surface area (Å²) in [5.41, 5.74) is 4.83. The second kappa shape index (κ2) is 4.65. The number of aliphatic hydroxyl groups is 1. The minimum absolute atomic E-state index is 0.101. The average Bonchev–Trinajstić information content (AvgIpc) is 2.23. The van der Waals surface area contributed by atoms with Gasteiger partial charge in [0, 0.05) is 12.6 Å². The van der Waals surface area contributed by atoms with Gasteiger partial charge in [-0.1, -0.05) is 11.6 Å². The Labute approximate surface area is 91.0 Å². The van der Waals surface area contributed by atoms with E-state index in [1.165, 1.54) is 7.11 Å². The highest BCUT2D eigenvalue weighted by Crippen LogP contribution is 2.38. The van der Waals surface area contributed by atoms with E-state index in [-0.39, 0.29) is 22.9 Å². The van der Waals surface area contributed by atoms with Gasteiger partial charge in [-0.3, -0.25) is 0 Å². The van der Waals surface area contributed by atoms with Crippen LogP contribution in [0.4, 0.5) is 4.39 Å². The fourth-order valence-corrected chi connectivity index (χ4v) is 1.38. The third kappa shape index (κ3) is 2.14. The van der Waals surface area contributed by atoms with Crippen molar-refractivity contribution in [2.75, 3.05) is 13.7 Å². The van der Waals surface area contributed by atoms with Crippen molar-refractivity contribution in [3.8, 4) is 11.5 Å². The van der Waals surface area contributed by atoms with Gasteiger partial charge in [0.05, 0.1) is 23.8 Å². The number of aromatic hydroxyl groups is 1. The van der Waals surface area contributed by atoms with Crippen molar-refractivity contribution < 1.29 is 19.3 Å². The van der Waals surface area contributed by atoms with Gasteiger partial charge in [-0.05, 0) is 0 Å². The third-order valence-corrected chi connectivity index (χ3v) is 2.26. The van der Waals surface area contributed by atoms with Gasteiger partial charge in [0.1, 0.15) is 5.75 Å². The molecule has 4 N–H and O–H groups in total. The summed E-state index contributed by atoms with van der Waals surface area (Å²) in [6, 6.07) is 1.12. The van der Waals surface area contributed by atoms with Gasteiger partial charge < -0.3 is 20.7 Å². The van der Waals surface area contributed by atoms with Gasteiger partial charge in [0.25, 0.3) is 0 Å². The number of aliphatic hydroxyl groups excluding tert-OH is 1. The lowest BCUT2D eigenvalue weighted by atomic mass is 10.1. The van der Waals surface area contributed by atoms with E-state index in [0.717, 1.165) is 6.07 Å². The van der Waals surface area contributed by atoms with Crippen molar-refractivity contribution in [1.29, 1.82) is 0 Å². The first-order chi connectivity index (χ1) is 7.02. The molecule has 0 saturated carbocycles. The molecule has 0 heterocycles. The lowest BCUT2D eigenvalue weighted by Gasteiger charge is -2.14. The van der Waals surface area contributed by atoms with Gasteiger partial charge in [0.2, 0.25) is 0 Å². The number of methoxy groups -OCH3 is 1. The van der Waals surface area contributed by atoms with Gasteiger partial charge in [-0.2, -0.15) is 0 Å². The molecule has 0 aliphatic carbocycles. The lowest BCUT2D eigenvalue weighted by molar-refractivity contribution is 0.176. The summed E-state index contributed by atoms with van der Waals surface area (Å²) in [5.74, 6) is -1.54. The molecule has 1 rings (SSSR count). The Bertz CT molecular complexity index is 373. The van der Waals surface area contributed by atoms with Crippen LogP contribution in [-0.2, 0) is 0 Å². The predicted molar refractivity (Wildman–Crippen MR) is 53.6 cm³/mol. The van der Waals surface area contributed by atoms with E-state index < -0.39 is 17.7 Å². The molecule has 0 aromatic heterocycles. The van der Waals surface area contributed by atoms with Crippen LogP contribution >= 0.6 is 11.6 Å². The topological polar surface area (TPSA) is 75.7 Å². The van der Waals surface area contributed by atoms with Crippen LogP contribution in [0.25, 0.3) is 0 Å². The van der Waals surface area contributed by atoms with E-state index in [9.17, 15) is 14.6 Å². The van der Waals surface area contributed by atoms with Crippen LogP contribution in [0.1, 0.15) is 11.7 Å². The molecule has 0 aliphatic heterocycles. The fourth-order valence-electron chi connectivity index (χ4n) is 1.18. The van der Waals surface area contributed by atoms with E-state index in [2.05, 4.69) is 0 Å². The Morgan fingerprint density at radius 3 is 2.73 bits per heavy atom. The van der Waals surface area contributed by atoms with Crippen molar-refractivity contribution in [3.05, 3.63) is 22.5 Å². The lowest BCUT2D eigenvalue weighted by Crippen LogP contribution is -2.14. The number of benzene rings is 1. The summed E-state index contributed by atoms with van der Waals surface area (Å²) in [6.07, 6.45) is -1.32. The van der Waals surface area contributed by atoms with E-state index in [4.69, 9.17) is 22.1 Å². The predicted octanol–water partition coefficient (Wildman–Crippen LogP) is 1.19. The first-order valence-corrected chi connectivity index (χ1v) is 4.53. The van der Waals surface area contributed by atoms with Crippen molar-refractivity contribution in [3.63, 3.8) is 0 Å². The van der Waals surface area contributed by atoms with Gasteiger partial charge in [0.15, 0.2) is 11.6 Å².